The molecule has 0 aliphatic carbocycles. The first kappa shape index (κ1) is 12.5. The Labute approximate surface area is 104 Å². The summed E-state index contributed by atoms with van der Waals surface area (Å²) in [7, 11) is 0. The fraction of sp³-hybridized carbons (Fsp3) is 0.636. The fourth-order valence-electron chi connectivity index (χ4n) is 1.93. The lowest BCUT2D eigenvalue weighted by atomic mass is 10.3. The third-order valence-corrected chi connectivity index (χ3v) is 3.54. The molecule has 1 aromatic rings. The van der Waals surface area contributed by atoms with Crippen LogP contribution in [0.3, 0.4) is 0 Å². The molecule has 1 atom stereocenters. The summed E-state index contributed by atoms with van der Waals surface area (Å²) < 4.78 is 5.56. The summed E-state index contributed by atoms with van der Waals surface area (Å²) in [5, 5.41) is 10.8. The number of rotatable bonds is 3. The minimum absolute atomic E-state index is 0.166. The summed E-state index contributed by atoms with van der Waals surface area (Å²) in [6.07, 6.45) is 1.25. The number of ether oxygens (including phenoxy) is 1. The van der Waals surface area contributed by atoms with Crippen molar-refractivity contribution in [3.05, 3.63) is 16.1 Å². The normalized spacial score (nSPS) is 22.3. The highest BCUT2D eigenvalue weighted by atomic mass is 32.1. The number of hydrogen-bond acceptors (Lipinski definition) is 5. The Bertz CT molecular complexity index is 394. The van der Waals surface area contributed by atoms with Crippen LogP contribution in [0, 0.1) is 0 Å². The van der Waals surface area contributed by atoms with Crippen molar-refractivity contribution in [2.75, 3.05) is 19.7 Å². The highest BCUT2D eigenvalue weighted by molar-refractivity contribution is 7.11. The number of aromatic carboxylic acids is 1. The Morgan fingerprint density at radius 2 is 2.59 bits per heavy atom. The fourth-order valence-corrected chi connectivity index (χ4v) is 2.58. The number of carboxylic acids is 1. The topological polar surface area (TPSA) is 62.7 Å². The Morgan fingerprint density at radius 1 is 1.76 bits per heavy atom. The van der Waals surface area contributed by atoms with Gasteiger partial charge in [-0.1, -0.05) is 0 Å². The van der Waals surface area contributed by atoms with Crippen LogP contribution in [-0.2, 0) is 11.3 Å². The van der Waals surface area contributed by atoms with Gasteiger partial charge in [0.05, 0.1) is 11.8 Å². The molecule has 0 aromatic carbocycles. The van der Waals surface area contributed by atoms with Crippen molar-refractivity contribution < 1.29 is 14.6 Å². The minimum Gasteiger partial charge on any atom is -0.476 e. The van der Waals surface area contributed by atoms with Gasteiger partial charge in [-0.15, -0.1) is 11.3 Å². The molecule has 1 aliphatic heterocycles. The zero-order valence-corrected chi connectivity index (χ0v) is 10.6. The molecule has 0 radical (unpaired) electrons. The third kappa shape index (κ3) is 3.49. The Morgan fingerprint density at radius 3 is 3.29 bits per heavy atom. The third-order valence-electron chi connectivity index (χ3n) is 2.66. The molecule has 17 heavy (non-hydrogen) atoms. The molecule has 0 amide bonds. The zero-order chi connectivity index (χ0) is 12.3. The number of nitrogens with zero attached hydrogens (tertiary/aromatic N) is 2. The highest BCUT2D eigenvalue weighted by Crippen LogP contribution is 2.14. The van der Waals surface area contributed by atoms with Gasteiger partial charge in [-0.05, 0) is 13.3 Å². The summed E-state index contributed by atoms with van der Waals surface area (Å²) in [6.45, 7) is 5.42. The molecule has 2 heterocycles. The number of carboxylic acid groups (broad SMARTS) is 1. The van der Waals surface area contributed by atoms with Crippen molar-refractivity contribution in [3.63, 3.8) is 0 Å². The number of hydrogen-bond donors (Lipinski definition) is 1. The molecule has 2 rings (SSSR count). The van der Waals surface area contributed by atoms with Gasteiger partial charge in [-0.25, -0.2) is 9.78 Å². The zero-order valence-electron chi connectivity index (χ0n) is 9.76. The van der Waals surface area contributed by atoms with E-state index in [1.807, 2.05) is 5.38 Å². The van der Waals surface area contributed by atoms with Crippen LogP contribution in [0.15, 0.2) is 5.38 Å². The maximum Gasteiger partial charge on any atom is 0.365 e. The van der Waals surface area contributed by atoms with E-state index >= 15 is 0 Å². The first-order valence-corrected chi connectivity index (χ1v) is 6.55. The van der Waals surface area contributed by atoms with E-state index in [-0.39, 0.29) is 11.1 Å². The molecule has 6 heteroatoms. The number of aromatic nitrogens is 1. The maximum atomic E-state index is 10.7. The van der Waals surface area contributed by atoms with Crippen molar-refractivity contribution in [1.82, 2.24) is 9.88 Å². The second-order valence-electron chi connectivity index (χ2n) is 4.22. The molecule has 0 spiro atoms. The van der Waals surface area contributed by atoms with E-state index in [2.05, 4.69) is 16.8 Å². The molecule has 1 saturated heterocycles. The van der Waals surface area contributed by atoms with Gasteiger partial charge < -0.3 is 9.84 Å². The van der Waals surface area contributed by atoms with Gasteiger partial charge in [0.1, 0.15) is 0 Å². The van der Waals surface area contributed by atoms with Crippen LogP contribution in [0.1, 0.15) is 28.8 Å². The second kappa shape index (κ2) is 5.57. The van der Waals surface area contributed by atoms with Gasteiger partial charge in [0.2, 0.25) is 5.01 Å². The van der Waals surface area contributed by atoms with Gasteiger partial charge in [0.15, 0.2) is 0 Å². The molecule has 1 N–H and O–H groups in total. The van der Waals surface area contributed by atoms with Crippen molar-refractivity contribution in [1.29, 1.82) is 0 Å². The molecule has 94 valence electrons. The molecule has 0 bridgehead atoms. The van der Waals surface area contributed by atoms with Crippen LogP contribution < -0.4 is 0 Å². The molecular formula is C11H16N2O3S. The van der Waals surface area contributed by atoms with Crippen LogP contribution in [0.5, 0.6) is 0 Å². The number of thiazole rings is 1. The summed E-state index contributed by atoms with van der Waals surface area (Å²) in [5.41, 5.74) is 0.835. The summed E-state index contributed by atoms with van der Waals surface area (Å²) in [6, 6.07) is 0. The monoisotopic (exact) mass is 256 g/mol. The SMILES string of the molecule is CC1CN(Cc2csc(C(=O)O)n2)CCCO1. The average Bonchev–Trinajstić information content (AvgIpc) is 2.63. The van der Waals surface area contributed by atoms with E-state index < -0.39 is 5.97 Å². The van der Waals surface area contributed by atoms with Gasteiger partial charge in [0, 0.05) is 31.6 Å². The van der Waals surface area contributed by atoms with Gasteiger partial charge in [-0.2, -0.15) is 0 Å². The quantitative estimate of drug-likeness (QED) is 0.887. The Kier molecular flexibility index (Phi) is 4.09. The van der Waals surface area contributed by atoms with Crippen LogP contribution >= 0.6 is 11.3 Å². The van der Waals surface area contributed by atoms with E-state index in [1.54, 1.807) is 0 Å². The lowest BCUT2D eigenvalue weighted by molar-refractivity contribution is 0.0663. The Balaban J connectivity index is 1.96. The average molecular weight is 256 g/mol. The molecule has 1 aromatic heterocycles. The van der Waals surface area contributed by atoms with E-state index in [1.165, 1.54) is 11.3 Å². The van der Waals surface area contributed by atoms with Crippen LogP contribution in [0.2, 0.25) is 0 Å². The van der Waals surface area contributed by atoms with E-state index in [0.29, 0.717) is 6.54 Å². The van der Waals surface area contributed by atoms with Crippen molar-refractivity contribution in [2.24, 2.45) is 0 Å². The summed E-state index contributed by atoms with van der Waals surface area (Å²) in [4.78, 5) is 17.1. The van der Waals surface area contributed by atoms with Crippen molar-refractivity contribution >= 4 is 17.3 Å². The van der Waals surface area contributed by atoms with E-state index in [9.17, 15) is 4.79 Å². The standard InChI is InChI=1S/C11H16N2O3S/c1-8-5-13(3-2-4-16-8)6-9-7-17-10(12-9)11(14)15/h7-8H,2-6H2,1H3,(H,14,15). The Hall–Kier alpha value is -0.980. The van der Waals surface area contributed by atoms with E-state index in [0.717, 1.165) is 31.8 Å². The largest absolute Gasteiger partial charge is 0.476 e. The lowest BCUT2D eigenvalue weighted by Gasteiger charge is -2.20. The van der Waals surface area contributed by atoms with Crippen LogP contribution in [0.25, 0.3) is 0 Å². The highest BCUT2D eigenvalue weighted by Gasteiger charge is 2.17. The molecular weight excluding hydrogens is 240 g/mol. The molecule has 1 aliphatic rings. The summed E-state index contributed by atoms with van der Waals surface area (Å²) in [5.74, 6) is -0.950. The van der Waals surface area contributed by atoms with Crippen LogP contribution in [-0.4, -0.2) is 46.8 Å². The van der Waals surface area contributed by atoms with Crippen molar-refractivity contribution in [3.8, 4) is 0 Å². The molecule has 1 fully saturated rings. The minimum atomic E-state index is -0.950. The first-order chi connectivity index (χ1) is 8.15. The van der Waals surface area contributed by atoms with E-state index in [4.69, 9.17) is 9.84 Å². The molecule has 5 nitrogen and oxygen atoms in total. The lowest BCUT2D eigenvalue weighted by Crippen LogP contribution is -2.29. The summed E-state index contributed by atoms with van der Waals surface area (Å²) >= 11 is 1.18. The predicted molar refractivity (Wildman–Crippen MR) is 64.4 cm³/mol. The van der Waals surface area contributed by atoms with Gasteiger partial charge in [0.25, 0.3) is 0 Å². The van der Waals surface area contributed by atoms with Gasteiger partial charge in [-0.3, -0.25) is 4.90 Å². The van der Waals surface area contributed by atoms with Gasteiger partial charge >= 0.3 is 5.97 Å². The maximum absolute atomic E-state index is 10.7. The molecule has 0 saturated carbocycles. The molecule has 1 unspecified atom stereocenters. The number of carbonyl (C=O) groups is 1. The second-order valence-corrected chi connectivity index (χ2v) is 5.08. The first-order valence-electron chi connectivity index (χ1n) is 5.67. The smallest absolute Gasteiger partial charge is 0.365 e. The van der Waals surface area contributed by atoms with Crippen LogP contribution in [0.4, 0.5) is 0 Å². The predicted octanol–water partition coefficient (Wildman–Crippen LogP) is 1.45. The van der Waals surface area contributed by atoms with Crippen molar-refractivity contribution in [2.45, 2.75) is 26.0 Å².